The lowest BCUT2D eigenvalue weighted by Crippen LogP contribution is -2.08. The van der Waals surface area contributed by atoms with E-state index in [0.29, 0.717) is 9.58 Å². The Morgan fingerprint density at radius 2 is 1.33 bits per heavy atom. The monoisotopic (exact) mass is 254 g/mol. The Labute approximate surface area is 95.8 Å². The summed E-state index contributed by atoms with van der Waals surface area (Å²) in [6, 6.07) is 0. The van der Waals surface area contributed by atoms with E-state index in [2.05, 4.69) is 30.4 Å². The first kappa shape index (κ1) is 11.2. The molecule has 0 N–H and O–H groups in total. The van der Waals surface area contributed by atoms with Crippen molar-refractivity contribution in [2.24, 2.45) is 10.2 Å². The maximum Gasteiger partial charge on any atom is 0.410 e. The van der Waals surface area contributed by atoms with Crippen molar-refractivity contribution in [2.75, 3.05) is 0 Å². The molecule has 18 heavy (non-hydrogen) atoms. The Bertz CT molecular complexity index is 571. The molecule has 2 heterocycles. The minimum absolute atomic E-state index is 0.302. The van der Waals surface area contributed by atoms with Gasteiger partial charge in [0.2, 0.25) is 0 Å². The summed E-state index contributed by atoms with van der Waals surface area (Å²) in [5, 5.41) is 32.2. The average molecular weight is 254 g/mol. The van der Waals surface area contributed by atoms with Crippen molar-refractivity contribution in [3.63, 3.8) is 0 Å². The van der Waals surface area contributed by atoms with Crippen molar-refractivity contribution in [3.8, 4) is 0 Å². The number of nitro groups is 2. The fourth-order valence-corrected chi connectivity index (χ4v) is 0.832. The fourth-order valence-electron chi connectivity index (χ4n) is 0.832. The summed E-state index contributed by atoms with van der Waals surface area (Å²) in [5.74, 6) is -0.603. The summed E-state index contributed by atoms with van der Waals surface area (Å²) in [6.07, 6.45) is 1.63. The third-order valence-corrected chi connectivity index (χ3v) is 1.50. The van der Waals surface area contributed by atoms with E-state index in [-0.39, 0.29) is 11.9 Å². The van der Waals surface area contributed by atoms with E-state index >= 15 is 0 Å². The molecule has 14 nitrogen and oxygen atoms in total. The number of nitrogens with zero attached hydrogens (tertiary/aromatic N) is 10. The Hall–Kier alpha value is -3.32. The van der Waals surface area contributed by atoms with Gasteiger partial charge in [0.05, 0.1) is 20.3 Å². The highest BCUT2D eigenvalue weighted by molar-refractivity contribution is 5.13. The van der Waals surface area contributed by atoms with E-state index in [0.717, 1.165) is 12.7 Å². The molecule has 0 radical (unpaired) electrons. The zero-order valence-electron chi connectivity index (χ0n) is 8.26. The van der Waals surface area contributed by atoms with Crippen LogP contribution in [0.3, 0.4) is 0 Å². The second-order valence-electron chi connectivity index (χ2n) is 2.61. The van der Waals surface area contributed by atoms with Crippen LogP contribution in [0.4, 0.5) is 11.9 Å². The van der Waals surface area contributed by atoms with Gasteiger partial charge < -0.3 is 20.2 Å². The molecule has 0 fully saturated rings. The molecule has 2 rings (SSSR count). The van der Waals surface area contributed by atoms with Gasteiger partial charge in [-0.3, -0.25) is 0 Å². The van der Waals surface area contributed by atoms with Crippen molar-refractivity contribution < 1.29 is 10.1 Å². The standard InChI is InChI=1S/C4H2N10O4/c15-13(16)11-1-5-3(9-11)7-8-4-6-2-12(10-4)14(17)18/h1-2H. The molecule has 0 aromatic carbocycles. The molecular weight excluding hydrogens is 252 g/mol. The van der Waals surface area contributed by atoms with Crippen molar-refractivity contribution in [1.29, 1.82) is 0 Å². The molecule has 0 atom stereocenters. The summed E-state index contributed by atoms with van der Waals surface area (Å²) in [7, 11) is 0. The third kappa shape index (κ3) is 2.26. The highest BCUT2D eigenvalue weighted by atomic mass is 16.7. The van der Waals surface area contributed by atoms with Crippen LogP contribution < -0.4 is 0 Å². The molecule has 0 amide bonds. The highest BCUT2D eigenvalue weighted by Crippen LogP contribution is 2.08. The topological polar surface area (TPSA) is 172 Å². The maximum absolute atomic E-state index is 10.3. The van der Waals surface area contributed by atoms with Gasteiger partial charge >= 0.3 is 11.9 Å². The zero-order chi connectivity index (χ0) is 13.1. The predicted octanol–water partition coefficient (Wildman–Crippen LogP) is -0.635. The number of rotatable bonds is 4. The van der Waals surface area contributed by atoms with Gasteiger partial charge in [-0.15, -0.1) is 0 Å². The Morgan fingerprint density at radius 3 is 1.61 bits per heavy atom. The third-order valence-electron chi connectivity index (χ3n) is 1.50. The molecule has 2 aromatic heterocycles. The van der Waals surface area contributed by atoms with Crippen LogP contribution in [0, 0.1) is 20.2 Å². The lowest BCUT2D eigenvalue weighted by atomic mass is 11.0. The van der Waals surface area contributed by atoms with Crippen molar-refractivity contribution >= 4 is 11.9 Å². The van der Waals surface area contributed by atoms with Gasteiger partial charge in [-0.25, -0.2) is 0 Å². The first-order valence-electron chi connectivity index (χ1n) is 4.10. The molecule has 0 bridgehead atoms. The minimum Gasteiger partial charge on any atom is -0.339 e. The van der Waals surface area contributed by atoms with Crippen LogP contribution in [-0.2, 0) is 0 Å². The summed E-state index contributed by atoms with van der Waals surface area (Å²) < 4.78 is 0. The molecule has 0 aliphatic carbocycles. The van der Waals surface area contributed by atoms with Gasteiger partial charge in [-0.2, -0.15) is 9.97 Å². The van der Waals surface area contributed by atoms with Gasteiger partial charge in [-0.1, -0.05) is 10.2 Å². The van der Waals surface area contributed by atoms with E-state index in [9.17, 15) is 20.2 Å². The lowest BCUT2D eigenvalue weighted by Gasteiger charge is -1.84. The number of azo groups is 1. The van der Waals surface area contributed by atoms with Crippen LogP contribution in [0.1, 0.15) is 0 Å². The molecule has 2 aromatic rings. The molecule has 0 aliphatic rings. The van der Waals surface area contributed by atoms with Gasteiger partial charge in [0.15, 0.2) is 12.7 Å². The van der Waals surface area contributed by atoms with Crippen molar-refractivity contribution in [3.05, 3.63) is 32.9 Å². The summed E-state index contributed by atoms with van der Waals surface area (Å²) in [6.45, 7) is 0. The van der Waals surface area contributed by atoms with Crippen LogP contribution in [0.2, 0.25) is 0 Å². The van der Waals surface area contributed by atoms with Crippen LogP contribution in [0.5, 0.6) is 0 Å². The predicted molar refractivity (Wildman–Crippen MR) is 49.0 cm³/mol. The van der Waals surface area contributed by atoms with Crippen LogP contribution in [0.15, 0.2) is 22.9 Å². The first-order valence-corrected chi connectivity index (χ1v) is 4.10. The Kier molecular flexibility index (Phi) is 2.65. The smallest absolute Gasteiger partial charge is 0.339 e. The molecule has 0 aliphatic heterocycles. The fraction of sp³-hybridized carbons (Fsp3) is 0. The van der Waals surface area contributed by atoms with Crippen LogP contribution >= 0.6 is 0 Å². The lowest BCUT2D eigenvalue weighted by molar-refractivity contribution is -0.553. The zero-order valence-corrected chi connectivity index (χ0v) is 8.26. The maximum atomic E-state index is 10.3. The summed E-state index contributed by atoms with van der Waals surface area (Å²) in [4.78, 5) is 28.1. The SMILES string of the molecule is O=[N+]([O-])n1cnc(N=Nc2ncn([N+](=O)[O-])n2)n1. The molecule has 0 saturated carbocycles. The molecule has 0 saturated heterocycles. The van der Waals surface area contributed by atoms with Gasteiger partial charge in [0, 0.05) is 9.58 Å². The largest absolute Gasteiger partial charge is 0.410 e. The van der Waals surface area contributed by atoms with Crippen molar-refractivity contribution in [1.82, 2.24) is 29.7 Å². The highest BCUT2D eigenvalue weighted by Gasteiger charge is 2.13. The Morgan fingerprint density at radius 1 is 0.944 bits per heavy atom. The van der Waals surface area contributed by atoms with E-state index in [1.54, 1.807) is 0 Å². The molecule has 0 spiro atoms. The summed E-state index contributed by atoms with van der Waals surface area (Å²) in [5.41, 5.74) is 0. The van der Waals surface area contributed by atoms with E-state index < -0.39 is 10.1 Å². The van der Waals surface area contributed by atoms with Gasteiger partial charge in [0.1, 0.15) is 0 Å². The number of aromatic nitrogens is 6. The number of hydrogen-bond donors (Lipinski definition) is 0. The minimum atomic E-state index is -0.828. The summed E-state index contributed by atoms with van der Waals surface area (Å²) >= 11 is 0. The second-order valence-corrected chi connectivity index (χ2v) is 2.61. The normalized spacial score (nSPS) is 10.9. The van der Waals surface area contributed by atoms with Crippen molar-refractivity contribution in [2.45, 2.75) is 0 Å². The molecule has 0 unspecified atom stereocenters. The first-order chi connectivity index (χ1) is 8.56. The molecule has 14 heteroatoms. The van der Waals surface area contributed by atoms with E-state index in [4.69, 9.17) is 0 Å². The van der Waals surface area contributed by atoms with Crippen LogP contribution in [0.25, 0.3) is 0 Å². The van der Waals surface area contributed by atoms with E-state index in [1.807, 2.05) is 0 Å². The number of hydrogen-bond acceptors (Lipinski definition) is 10. The quantitative estimate of drug-likeness (QED) is 0.393. The average Bonchev–Trinajstić information content (AvgIpc) is 2.95. The molecule has 92 valence electrons. The van der Waals surface area contributed by atoms with Gasteiger partial charge in [0.25, 0.3) is 0 Å². The van der Waals surface area contributed by atoms with Crippen LogP contribution in [-0.4, -0.2) is 39.8 Å². The Balaban J connectivity index is 2.13. The van der Waals surface area contributed by atoms with Gasteiger partial charge in [-0.05, 0) is 0 Å². The second kappa shape index (κ2) is 4.28. The molecular formula is C4H2N10O4. The van der Waals surface area contributed by atoms with E-state index in [1.165, 1.54) is 0 Å².